The Labute approximate surface area is 66.5 Å². The molecule has 0 saturated heterocycles. The van der Waals surface area contributed by atoms with Crippen molar-refractivity contribution in [3.8, 4) is 0 Å². The Morgan fingerprint density at radius 2 is 1.88 bits per heavy atom. The fourth-order valence-electron chi connectivity index (χ4n) is 0.300. The van der Waals surface area contributed by atoms with Crippen LogP contribution < -0.4 is 0 Å². The van der Waals surface area contributed by atoms with Crippen LogP contribution in [0.4, 0.5) is 0 Å². The van der Waals surface area contributed by atoms with Gasteiger partial charge in [-0.3, -0.25) is 0 Å². The molecular weight excluding hydrogens is 136 g/mol. The zero-order valence-electron chi connectivity index (χ0n) is 5.81. The van der Waals surface area contributed by atoms with Gasteiger partial charge in [0.05, 0.1) is 0 Å². The number of hydrogen-bond donors (Lipinski definition) is 0. The first-order valence-corrected chi connectivity index (χ1v) is 2.47. The van der Waals surface area contributed by atoms with Crippen LogP contribution in [0.15, 0.2) is 0 Å². The molecule has 0 N–H and O–H groups in total. The molecule has 3 heteroatoms. The van der Waals surface area contributed by atoms with E-state index in [1.165, 1.54) is 0 Å². The molecule has 0 aliphatic rings. The molecule has 0 aliphatic carbocycles. The van der Waals surface area contributed by atoms with E-state index in [2.05, 4.69) is 10.2 Å². The third kappa shape index (κ3) is 9.81. The molecule has 2 nitrogen and oxygen atoms in total. The maximum atomic E-state index is 3.93. The van der Waals surface area contributed by atoms with Gasteiger partial charge in [-0.2, -0.15) is 7.05 Å². The van der Waals surface area contributed by atoms with Gasteiger partial charge < -0.3 is 10.2 Å². The Bertz CT molecular complexity index is 39.4. The molecule has 0 radical (unpaired) electrons. The largest absolute Gasteiger partial charge is 2.00 e. The zero-order chi connectivity index (χ0) is 5.70. The summed E-state index contributed by atoms with van der Waals surface area (Å²) < 4.78 is 0. The summed E-state index contributed by atoms with van der Waals surface area (Å²) in [6, 6.07) is 0. The Morgan fingerprint density at radius 1 is 1.38 bits per heavy atom. The summed E-state index contributed by atoms with van der Waals surface area (Å²) in [5, 5.41) is 3.93. The quantitative estimate of drug-likeness (QED) is 0.535. The third-order valence-corrected chi connectivity index (χ3v) is 0.771. The van der Waals surface area contributed by atoms with E-state index in [9.17, 15) is 0 Å². The van der Waals surface area contributed by atoms with E-state index in [1.54, 1.807) is 0 Å². The molecule has 0 aromatic heterocycles. The summed E-state index contributed by atoms with van der Waals surface area (Å²) in [6.07, 6.45) is 0. The number of nitrogens with zero attached hydrogens (tertiary/aromatic N) is 2. The minimum atomic E-state index is 0. The molecule has 46 valence electrons. The first-order chi connectivity index (χ1) is 3.27. The Kier molecular flexibility index (Phi) is 10.9. The molecule has 0 spiro atoms. The van der Waals surface area contributed by atoms with Crippen molar-refractivity contribution >= 4 is 0 Å². The molecule has 0 rings (SSSR count). The van der Waals surface area contributed by atoms with Gasteiger partial charge in [0.25, 0.3) is 0 Å². The maximum absolute atomic E-state index is 3.93. The standard InChI is InChI=1S/C5H13N2.Ti/c1-6-4-5-7(2)3;/h4-5H2,1-3H3;/q-1;+2. The summed E-state index contributed by atoms with van der Waals surface area (Å²) in [5.41, 5.74) is 0. The van der Waals surface area contributed by atoms with Gasteiger partial charge in [-0.05, 0) is 20.6 Å². The monoisotopic (exact) mass is 149 g/mol. The van der Waals surface area contributed by atoms with Crippen molar-refractivity contribution in [3.63, 3.8) is 0 Å². The minimum absolute atomic E-state index is 0. The van der Waals surface area contributed by atoms with Crippen molar-refractivity contribution in [2.24, 2.45) is 0 Å². The predicted octanol–water partition coefficient (Wildman–Crippen LogP) is 0.549. The van der Waals surface area contributed by atoms with Crippen molar-refractivity contribution in [1.29, 1.82) is 0 Å². The fourth-order valence-corrected chi connectivity index (χ4v) is 0.300. The molecule has 0 aliphatic heterocycles. The summed E-state index contributed by atoms with van der Waals surface area (Å²) in [6.45, 7) is 2.02. The first kappa shape index (κ1) is 11.4. The predicted molar refractivity (Wildman–Crippen MR) is 32.7 cm³/mol. The number of likely N-dealkylation sites (N-methyl/N-ethyl adjacent to an activating group) is 2. The van der Waals surface area contributed by atoms with Gasteiger partial charge in [-0.15, -0.1) is 6.54 Å². The topological polar surface area (TPSA) is 17.3 Å². The van der Waals surface area contributed by atoms with Crippen LogP contribution in [0.2, 0.25) is 0 Å². The van der Waals surface area contributed by atoms with Crippen LogP contribution in [0.25, 0.3) is 5.32 Å². The second-order valence-corrected chi connectivity index (χ2v) is 1.84. The third-order valence-electron chi connectivity index (χ3n) is 0.771. The summed E-state index contributed by atoms with van der Waals surface area (Å²) in [4.78, 5) is 2.12. The number of hydrogen-bond acceptors (Lipinski definition) is 1. The van der Waals surface area contributed by atoms with E-state index in [0.717, 1.165) is 13.1 Å². The van der Waals surface area contributed by atoms with Gasteiger partial charge in [0.2, 0.25) is 0 Å². The van der Waals surface area contributed by atoms with Crippen LogP contribution in [0.5, 0.6) is 0 Å². The van der Waals surface area contributed by atoms with E-state index in [4.69, 9.17) is 0 Å². The molecule has 0 saturated carbocycles. The second kappa shape index (κ2) is 7.63. The molecule has 0 amide bonds. The fraction of sp³-hybridized carbons (Fsp3) is 1.00. The summed E-state index contributed by atoms with van der Waals surface area (Å²) in [7, 11) is 5.93. The summed E-state index contributed by atoms with van der Waals surface area (Å²) >= 11 is 0. The average molecular weight is 149 g/mol. The Hall–Kier alpha value is 0.634. The van der Waals surface area contributed by atoms with Crippen molar-refractivity contribution in [1.82, 2.24) is 4.90 Å². The van der Waals surface area contributed by atoms with Crippen LogP contribution in [-0.2, 0) is 21.7 Å². The van der Waals surface area contributed by atoms with Gasteiger partial charge in [0, 0.05) is 0 Å². The normalized spacial score (nSPS) is 9.00. The van der Waals surface area contributed by atoms with Crippen molar-refractivity contribution in [2.75, 3.05) is 34.2 Å². The average Bonchev–Trinajstić information content (AvgIpc) is 1.61. The van der Waals surface area contributed by atoms with Crippen LogP contribution in [0, 0.1) is 0 Å². The molecular formula is C5H13N2Ti+. The van der Waals surface area contributed by atoms with Crippen molar-refractivity contribution in [2.45, 2.75) is 0 Å². The molecule has 0 heterocycles. The van der Waals surface area contributed by atoms with E-state index in [-0.39, 0.29) is 21.7 Å². The number of rotatable bonds is 3. The van der Waals surface area contributed by atoms with Crippen LogP contribution in [0.1, 0.15) is 0 Å². The molecule has 0 bridgehead atoms. The van der Waals surface area contributed by atoms with E-state index in [0.29, 0.717) is 0 Å². The smallest absolute Gasteiger partial charge is 0.664 e. The van der Waals surface area contributed by atoms with Crippen molar-refractivity contribution < 1.29 is 21.7 Å². The minimum Gasteiger partial charge on any atom is -0.664 e. The molecule has 0 fully saturated rings. The Morgan fingerprint density at radius 3 is 2.00 bits per heavy atom. The molecule has 0 aromatic rings. The van der Waals surface area contributed by atoms with Gasteiger partial charge in [-0.1, -0.05) is 0 Å². The van der Waals surface area contributed by atoms with Gasteiger partial charge >= 0.3 is 21.7 Å². The van der Waals surface area contributed by atoms with Crippen LogP contribution in [-0.4, -0.2) is 39.1 Å². The second-order valence-electron chi connectivity index (χ2n) is 1.84. The SMILES string of the molecule is C[N-]CCN(C)C.[Ti+2]. The van der Waals surface area contributed by atoms with E-state index < -0.39 is 0 Å². The Balaban J connectivity index is 0. The first-order valence-electron chi connectivity index (χ1n) is 2.47. The van der Waals surface area contributed by atoms with Gasteiger partial charge in [0.15, 0.2) is 0 Å². The maximum Gasteiger partial charge on any atom is 2.00 e. The van der Waals surface area contributed by atoms with Gasteiger partial charge in [-0.25, -0.2) is 0 Å². The molecule has 8 heavy (non-hydrogen) atoms. The van der Waals surface area contributed by atoms with Crippen molar-refractivity contribution in [3.05, 3.63) is 5.32 Å². The molecule has 0 atom stereocenters. The van der Waals surface area contributed by atoms with Crippen LogP contribution >= 0.6 is 0 Å². The van der Waals surface area contributed by atoms with Gasteiger partial charge in [0.1, 0.15) is 0 Å². The van der Waals surface area contributed by atoms with Crippen LogP contribution in [0.3, 0.4) is 0 Å². The molecule has 0 aromatic carbocycles. The molecule has 0 unspecified atom stereocenters. The zero-order valence-corrected chi connectivity index (χ0v) is 7.37. The van der Waals surface area contributed by atoms with E-state index in [1.807, 2.05) is 21.1 Å². The van der Waals surface area contributed by atoms with E-state index >= 15 is 0 Å². The summed E-state index contributed by atoms with van der Waals surface area (Å²) in [5.74, 6) is 0.